The average Bonchev–Trinajstić information content (AvgIpc) is 2.45. The summed E-state index contributed by atoms with van der Waals surface area (Å²) in [6, 6.07) is 11.2. The van der Waals surface area contributed by atoms with Crippen LogP contribution in [0, 0.1) is 6.92 Å². The van der Waals surface area contributed by atoms with Crippen LogP contribution in [0.15, 0.2) is 51.8 Å². The highest BCUT2D eigenvalue weighted by Crippen LogP contribution is 2.25. The molecule has 0 spiro atoms. The van der Waals surface area contributed by atoms with E-state index < -0.39 is 15.9 Å². The number of anilines is 1. The number of primary sulfonamides is 1. The van der Waals surface area contributed by atoms with Crippen molar-refractivity contribution in [3.05, 3.63) is 52.5 Å². The van der Waals surface area contributed by atoms with Crippen LogP contribution in [0.4, 0.5) is 5.69 Å². The molecule has 8 heteroatoms. The molecule has 0 aliphatic carbocycles. The largest absolute Gasteiger partial charge is 0.483 e. The van der Waals surface area contributed by atoms with E-state index in [-0.39, 0.29) is 11.5 Å². The fourth-order valence-corrected chi connectivity index (χ4v) is 2.98. The van der Waals surface area contributed by atoms with Crippen LogP contribution in [-0.2, 0) is 14.8 Å². The van der Waals surface area contributed by atoms with E-state index >= 15 is 0 Å². The van der Waals surface area contributed by atoms with Gasteiger partial charge in [-0.05, 0) is 58.7 Å². The van der Waals surface area contributed by atoms with Crippen LogP contribution < -0.4 is 15.2 Å². The van der Waals surface area contributed by atoms with Crippen LogP contribution in [0.25, 0.3) is 0 Å². The molecule has 2 rings (SSSR count). The molecule has 0 saturated heterocycles. The van der Waals surface area contributed by atoms with Crippen molar-refractivity contribution in [3.8, 4) is 5.75 Å². The molecule has 0 fully saturated rings. The lowest BCUT2D eigenvalue weighted by Crippen LogP contribution is -2.20. The average molecular weight is 399 g/mol. The Labute approximate surface area is 142 Å². The number of nitrogens with two attached hydrogens (primary N) is 1. The summed E-state index contributed by atoms with van der Waals surface area (Å²) in [6.07, 6.45) is 0. The Morgan fingerprint density at radius 3 is 2.65 bits per heavy atom. The highest BCUT2D eigenvalue weighted by Gasteiger charge is 2.10. The predicted molar refractivity (Wildman–Crippen MR) is 90.8 cm³/mol. The normalized spacial score (nSPS) is 11.1. The Balaban J connectivity index is 2.00. The number of nitrogens with one attached hydrogen (secondary N) is 1. The van der Waals surface area contributed by atoms with E-state index in [4.69, 9.17) is 9.88 Å². The molecule has 0 bridgehead atoms. The van der Waals surface area contributed by atoms with Crippen LogP contribution in [0.2, 0.25) is 0 Å². The number of rotatable bonds is 5. The van der Waals surface area contributed by atoms with Gasteiger partial charge < -0.3 is 10.1 Å². The van der Waals surface area contributed by atoms with Gasteiger partial charge in [-0.15, -0.1) is 0 Å². The zero-order valence-corrected chi connectivity index (χ0v) is 14.6. The number of hydrogen-bond donors (Lipinski definition) is 2. The molecule has 23 heavy (non-hydrogen) atoms. The minimum Gasteiger partial charge on any atom is -0.483 e. The van der Waals surface area contributed by atoms with E-state index in [1.807, 2.05) is 19.1 Å². The van der Waals surface area contributed by atoms with Crippen LogP contribution in [0.5, 0.6) is 5.75 Å². The van der Waals surface area contributed by atoms with Gasteiger partial charge in [0.1, 0.15) is 5.75 Å². The smallest absolute Gasteiger partial charge is 0.262 e. The van der Waals surface area contributed by atoms with Crippen molar-refractivity contribution >= 4 is 37.5 Å². The second kappa shape index (κ2) is 7.12. The van der Waals surface area contributed by atoms with Crippen molar-refractivity contribution in [2.24, 2.45) is 5.14 Å². The molecule has 0 atom stereocenters. The Bertz CT molecular complexity index is 837. The summed E-state index contributed by atoms with van der Waals surface area (Å²) in [5.74, 6) is 0.132. The summed E-state index contributed by atoms with van der Waals surface area (Å²) in [7, 11) is -3.81. The number of ether oxygens (including phenoxy) is 1. The molecule has 0 heterocycles. The minimum absolute atomic E-state index is 0.0718. The van der Waals surface area contributed by atoms with Crippen molar-refractivity contribution in [2.75, 3.05) is 11.9 Å². The van der Waals surface area contributed by atoms with Gasteiger partial charge in [0, 0.05) is 5.69 Å². The summed E-state index contributed by atoms with van der Waals surface area (Å²) in [6.45, 7) is 1.74. The quantitative estimate of drug-likeness (QED) is 0.807. The molecule has 0 aliphatic heterocycles. The summed E-state index contributed by atoms with van der Waals surface area (Å²) in [5, 5.41) is 7.61. The highest BCUT2D eigenvalue weighted by atomic mass is 79.9. The number of halogens is 1. The van der Waals surface area contributed by atoms with Crippen molar-refractivity contribution in [2.45, 2.75) is 11.8 Å². The lowest BCUT2D eigenvalue weighted by molar-refractivity contribution is -0.118. The number of carbonyl (C=O) groups excluding carboxylic acids is 1. The van der Waals surface area contributed by atoms with Gasteiger partial charge in [-0.1, -0.05) is 12.1 Å². The van der Waals surface area contributed by atoms with Crippen molar-refractivity contribution in [1.29, 1.82) is 0 Å². The van der Waals surface area contributed by atoms with Crippen molar-refractivity contribution in [1.82, 2.24) is 0 Å². The summed E-state index contributed by atoms with van der Waals surface area (Å²) in [5.41, 5.74) is 1.39. The molecule has 0 aromatic heterocycles. The van der Waals surface area contributed by atoms with E-state index in [1.165, 1.54) is 18.2 Å². The molecule has 1 amide bonds. The predicted octanol–water partition coefficient (Wildman–Crippen LogP) is 2.42. The number of aryl methyl sites for hydroxylation is 1. The van der Waals surface area contributed by atoms with Gasteiger partial charge in [0.15, 0.2) is 6.61 Å². The van der Waals surface area contributed by atoms with Gasteiger partial charge in [0.25, 0.3) is 5.91 Å². The van der Waals surface area contributed by atoms with Crippen molar-refractivity contribution < 1.29 is 17.9 Å². The third kappa shape index (κ3) is 5.05. The van der Waals surface area contributed by atoms with Gasteiger partial charge in [-0.3, -0.25) is 4.79 Å². The topological polar surface area (TPSA) is 98.5 Å². The number of sulfonamides is 1. The van der Waals surface area contributed by atoms with Crippen molar-refractivity contribution in [3.63, 3.8) is 0 Å². The fraction of sp³-hybridized carbons (Fsp3) is 0.133. The molecule has 0 aliphatic rings. The zero-order valence-electron chi connectivity index (χ0n) is 12.2. The number of amides is 1. The van der Waals surface area contributed by atoms with Crippen LogP contribution in [-0.4, -0.2) is 20.9 Å². The lowest BCUT2D eigenvalue weighted by Gasteiger charge is -2.10. The second-order valence-electron chi connectivity index (χ2n) is 4.84. The molecular formula is C15H15BrN2O4S. The number of benzene rings is 2. The molecule has 2 aromatic carbocycles. The monoisotopic (exact) mass is 398 g/mol. The summed E-state index contributed by atoms with van der Waals surface area (Å²) in [4.78, 5) is 11.8. The van der Waals surface area contributed by atoms with E-state index in [0.29, 0.717) is 11.4 Å². The number of carbonyl (C=O) groups is 1. The van der Waals surface area contributed by atoms with Gasteiger partial charge in [-0.2, -0.15) is 0 Å². The standard InChI is InChI=1S/C15H15BrN2O4S/c1-10-5-6-14(13(16)7-10)22-9-15(19)18-11-3-2-4-12(8-11)23(17,20)21/h2-8H,9H2,1H3,(H,18,19)(H2,17,20,21). The Hall–Kier alpha value is -1.90. The number of hydrogen-bond acceptors (Lipinski definition) is 4. The Morgan fingerprint density at radius 2 is 2.00 bits per heavy atom. The van der Waals surface area contributed by atoms with Gasteiger partial charge >= 0.3 is 0 Å². The fourth-order valence-electron chi connectivity index (χ4n) is 1.81. The maximum absolute atomic E-state index is 11.9. The summed E-state index contributed by atoms with van der Waals surface area (Å²) < 4.78 is 28.7. The van der Waals surface area contributed by atoms with Crippen LogP contribution >= 0.6 is 15.9 Å². The third-order valence-electron chi connectivity index (χ3n) is 2.89. The molecular weight excluding hydrogens is 384 g/mol. The Morgan fingerprint density at radius 1 is 1.26 bits per heavy atom. The first-order valence-electron chi connectivity index (χ1n) is 6.57. The van der Waals surface area contributed by atoms with Gasteiger partial charge in [0.05, 0.1) is 9.37 Å². The zero-order chi connectivity index (χ0) is 17.0. The molecule has 3 N–H and O–H groups in total. The first kappa shape index (κ1) is 17.5. The molecule has 6 nitrogen and oxygen atoms in total. The van der Waals surface area contributed by atoms with Gasteiger partial charge in [0.2, 0.25) is 10.0 Å². The minimum atomic E-state index is -3.81. The van der Waals surface area contributed by atoms with E-state index in [9.17, 15) is 13.2 Å². The van der Waals surface area contributed by atoms with Crippen LogP contribution in [0.3, 0.4) is 0 Å². The molecule has 0 radical (unpaired) electrons. The van der Waals surface area contributed by atoms with E-state index in [1.54, 1.807) is 12.1 Å². The highest BCUT2D eigenvalue weighted by molar-refractivity contribution is 9.10. The second-order valence-corrected chi connectivity index (χ2v) is 7.26. The lowest BCUT2D eigenvalue weighted by atomic mass is 10.2. The SMILES string of the molecule is Cc1ccc(OCC(=O)Nc2cccc(S(N)(=O)=O)c2)c(Br)c1. The van der Waals surface area contributed by atoms with Gasteiger partial charge in [-0.25, -0.2) is 13.6 Å². The van der Waals surface area contributed by atoms with E-state index in [0.717, 1.165) is 10.0 Å². The first-order chi connectivity index (χ1) is 10.8. The summed E-state index contributed by atoms with van der Waals surface area (Å²) >= 11 is 3.36. The van der Waals surface area contributed by atoms with Crippen LogP contribution in [0.1, 0.15) is 5.56 Å². The van der Waals surface area contributed by atoms with E-state index in [2.05, 4.69) is 21.2 Å². The third-order valence-corrected chi connectivity index (χ3v) is 4.42. The molecule has 122 valence electrons. The maximum Gasteiger partial charge on any atom is 0.262 e. The molecule has 2 aromatic rings. The molecule has 0 unspecified atom stereocenters. The Kier molecular flexibility index (Phi) is 5.40. The molecule has 0 saturated carbocycles. The maximum atomic E-state index is 11.9. The first-order valence-corrected chi connectivity index (χ1v) is 8.91.